The van der Waals surface area contributed by atoms with E-state index in [4.69, 9.17) is 8.37 Å². The highest BCUT2D eigenvalue weighted by atomic mass is 32.2. The SMILES string of the molecule is CC1OS(=O)(=O)C(C)C12C(C)OS(=O)(=O)C2C. The fourth-order valence-electron chi connectivity index (χ4n) is 3.22. The molecule has 100 valence electrons. The van der Waals surface area contributed by atoms with Crippen LogP contribution in [0.3, 0.4) is 0 Å². The van der Waals surface area contributed by atoms with Crippen molar-refractivity contribution >= 4 is 20.2 Å². The van der Waals surface area contributed by atoms with Crippen LogP contribution in [0.1, 0.15) is 27.7 Å². The summed E-state index contributed by atoms with van der Waals surface area (Å²) in [5.74, 6) is 0. The zero-order chi connectivity index (χ0) is 13.2. The Morgan fingerprint density at radius 1 is 0.765 bits per heavy atom. The molecule has 0 N–H and O–H groups in total. The molecule has 0 aliphatic carbocycles. The molecule has 0 amide bonds. The predicted molar refractivity (Wildman–Crippen MR) is 60.3 cm³/mol. The molecule has 0 radical (unpaired) electrons. The van der Waals surface area contributed by atoms with Crippen LogP contribution < -0.4 is 0 Å². The van der Waals surface area contributed by atoms with Gasteiger partial charge in [0.2, 0.25) is 0 Å². The molecule has 2 saturated heterocycles. The Labute approximate surface area is 102 Å². The van der Waals surface area contributed by atoms with Gasteiger partial charge in [-0.25, -0.2) is 0 Å². The minimum absolute atomic E-state index is 0.704. The van der Waals surface area contributed by atoms with Crippen LogP contribution in [0.2, 0.25) is 0 Å². The molecule has 2 heterocycles. The molecule has 0 aromatic carbocycles. The first-order valence-electron chi connectivity index (χ1n) is 5.41. The Balaban J connectivity index is 2.65. The lowest BCUT2D eigenvalue weighted by atomic mass is 9.73. The topological polar surface area (TPSA) is 86.7 Å². The summed E-state index contributed by atoms with van der Waals surface area (Å²) in [4.78, 5) is 0. The van der Waals surface area contributed by atoms with Crippen molar-refractivity contribution < 1.29 is 25.2 Å². The number of hydrogen-bond acceptors (Lipinski definition) is 6. The van der Waals surface area contributed by atoms with Gasteiger partial charge in [-0.15, -0.1) is 0 Å². The van der Waals surface area contributed by atoms with Crippen molar-refractivity contribution in [2.75, 3.05) is 0 Å². The van der Waals surface area contributed by atoms with Crippen molar-refractivity contribution in [3.8, 4) is 0 Å². The normalized spacial score (nSPS) is 52.0. The maximum Gasteiger partial charge on any atom is 0.271 e. The zero-order valence-electron chi connectivity index (χ0n) is 10.1. The molecule has 1 spiro atoms. The Bertz CT molecular complexity index is 484. The van der Waals surface area contributed by atoms with Crippen molar-refractivity contribution in [2.45, 2.75) is 50.4 Å². The first kappa shape index (κ1) is 13.3. The molecule has 2 rings (SSSR count). The van der Waals surface area contributed by atoms with Gasteiger partial charge in [0.05, 0.1) is 28.1 Å². The highest BCUT2D eigenvalue weighted by Gasteiger charge is 2.69. The summed E-state index contributed by atoms with van der Waals surface area (Å²) >= 11 is 0. The summed E-state index contributed by atoms with van der Waals surface area (Å²) in [5, 5.41) is -1.79. The third kappa shape index (κ3) is 1.44. The van der Waals surface area contributed by atoms with Crippen LogP contribution in [-0.2, 0) is 28.6 Å². The smallest absolute Gasteiger partial charge is 0.266 e. The van der Waals surface area contributed by atoms with E-state index in [1.165, 1.54) is 13.8 Å². The van der Waals surface area contributed by atoms with Crippen molar-refractivity contribution in [1.29, 1.82) is 0 Å². The summed E-state index contributed by atoms with van der Waals surface area (Å²) in [6.07, 6.45) is -1.41. The van der Waals surface area contributed by atoms with Crippen LogP contribution in [0.15, 0.2) is 0 Å². The third-order valence-corrected chi connectivity index (χ3v) is 7.90. The van der Waals surface area contributed by atoms with Gasteiger partial charge in [-0.3, -0.25) is 8.37 Å². The van der Waals surface area contributed by atoms with E-state index in [9.17, 15) is 16.8 Å². The molecular formula is C9H16O6S2. The monoisotopic (exact) mass is 284 g/mol. The zero-order valence-corrected chi connectivity index (χ0v) is 11.7. The first-order valence-corrected chi connectivity index (χ1v) is 8.35. The Morgan fingerprint density at radius 3 is 1.24 bits per heavy atom. The fraction of sp³-hybridized carbons (Fsp3) is 1.00. The van der Waals surface area contributed by atoms with Gasteiger partial charge in [-0.05, 0) is 27.7 Å². The number of hydrogen-bond donors (Lipinski definition) is 0. The Hall–Kier alpha value is -0.180. The Kier molecular flexibility index (Phi) is 2.68. The molecule has 0 bridgehead atoms. The molecule has 0 saturated carbocycles. The first-order chi connectivity index (χ1) is 7.57. The maximum atomic E-state index is 11.8. The van der Waals surface area contributed by atoms with Gasteiger partial charge in [-0.2, -0.15) is 16.8 Å². The van der Waals surface area contributed by atoms with Gasteiger partial charge >= 0.3 is 0 Å². The average Bonchev–Trinajstić information content (AvgIpc) is 2.43. The van der Waals surface area contributed by atoms with Gasteiger partial charge in [0.15, 0.2) is 0 Å². The molecule has 6 nitrogen and oxygen atoms in total. The van der Waals surface area contributed by atoms with Crippen LogP contribution in [-0.4, -0.2) is 39.5 Å². The summed E-state index contributed by atoms with van der Waals surface area (Å²) in [7, 11) is -7.45. The van der Waals surface area contributed by atoms with Crippen LogP contribution in [0.5, 0.6) is 0 Å². The largest absolute Gasteiger partial charge is 0.271 e. The standard InChI is InChI=1S/C9H16O6S2/c1-5-9(7(3)16(10,11)14-5)6(2)15-17(12,13)8(9)4/h5-8H,1-4H3. The molecule has 8 heteroatoms. The Morgan fingerprint density at radius 2 is 1.06 bits per heavy atom. The highest BCUT2D eigenvalue weighted by Crippen LogP contribution is 2.54. The van der Waals surface area contributed by atoms with Gasteiger partial charge in [0.1, 0.15) is 0 Å². The van der Waals surface area contributed by atoms with Crippen molar-refractivity contribution in [3.63, 3.8) is 0 Å². The van der Waals surface area contributed by atoms with Crippen LogP contribution in [0, 0.1) is 5.41 Å². The van der Waals surface area contributed by atoms with E-state index in [2.05, 4.69) is 0 Å². The van der Waals surface area contributed by atoms with E-state index in [0.717, 1.165) is 0 Å². The average molecular weight is 284 g/mol. The molecule has 0 aromatic heterocycles. The van der Waals surface area contributed by atoms with Crippen molar-refractivity contribution in [1.82, 2.24) is 0 Å². The van der Waals surface area contributed by atoms with E-state index in [1.807, 2.05) is 0 Å². The molecular weight excluding hydrogens is 268 g/mol. The molecule has 4 unspecified atom stereocenters. The van der Waals surface area contributed by atoms with E-state index in [1.54, 1.807) is 13.8 Å². The predicted octanol–water partition coefficient (Wildman–Crippen LogP) is 0.247. The maximum absolute atomic E-state index is 11.8. The van der Waals surface area contributed by atoms with E-state index >= 15 is 0 Å². The quantitative estimate of drug-likeness (QED) is 0.592. The lowest BCUT2D eigenvalue weighted by Gasteiger charge is -2.33. The van der Waals surface area contributed by atoms with E-state index in [0.29, 0.717) is 0 Å². The van der Waals surface area contributed by atoms with Crippen molar-refractivity contribution in [2.24, 2.45) is 5.41 Å². The minimum Gasteiger partial charge on any atom is -0.266 e. The molecule has 0 aromatic rings. The van der Waals surface area contributed by atoms with Gasteiger partial charge in [0.25, 0.3) is 20.2 Å². The van der Waals surface area contributed by atoms with Crippen LogP contribution >= 0.6 is 0 Å². The minimum atomic E-state index is -3.73. The highest BCUT2D eigenvalue weighted by molar-refractivity contribution is 7.89. The molecule has 2 fully saturated rings. The van der Waals surface area contributed by atoms with Crippen LogP contribution in [0.4, 0.5) is 0 Å². The van der Waals surface area contributed by atoms with Crippen LogP contribution in [0.25, 0.3) is 0 Å². The van der Waals surface area contributed by atoms with Gasteiger partial charge < -0.3 is 0 Å². The molecule has 2 aliphatic rings. The molecule has 4 atom stereocenters. The third-order valence-electron chi connectivity index (χ3n) is 4.24. The summed E-state index contributed by atoms with van der Waals surface area (Å²) in [5.41, 5.74) is -1.03. The van der Waals surface area contributed by atoms with E-state index < -0.39 is 48.4 Å². The number of rotatable bonds is 0. The molecule has 2 aliphatic heterocycles. The van der Waals surface area contributed by atoms with Gasteiger partial charge in [0, 0.05) is 0 Å². The van der Waals surface area contributed by atoms with E-state index in [-0.39, 0.29) is 0 Å². The van der Waals surface area contributed by atoms with Crippen molar-refractivity contribution in [3.05, 3.63) is 0 Å². The molecule has 17 heavy (non-hydrogen) atoms. The lowest BCUT2D eigenvalue weighted by Crippen LogP contribution is -2.50. The summed E-state index contributed by atoms with van der Waals surface area (Å²) in [6, 6.07) is 0. The second-order valence-corrected chi connectivity index (χ2v) is 8.52. The second-order valence-electron chi connectivity index (χ2n) is 4.75. The second kappa shape index (κ2) is 3.43. The lowest BCUT2D eigenvalue weighted by molar-refractivity contribution is 0.0346. The summed E-state index contributed by atoms with van der Waals surface area (Å²) in [6.45, 7) is 6.13. The van der Waals surface area contributed by atoms with Gasteiger partial charge in [-0.1, -0.05) is 0 Å². The summed E-state index contributed by atoms with van der Waals surface area (Å²) < 4.78 is 57.0. The fourth-order valence-corrected chi connectivity index (χ4v) is 6.95.